The molecule has 0 N–H and O–H groups in total. The maximum Gasteiger partial charge on any atom is 0.172 e. The van der Waals surface area contributed by atoms with E-state index in [4.69, 9.17) is 23.7 Å². The van der Waals surface area contributed by atoms with E-state index in [0.29, 0.717) is 36.9 Å². The van der Waals surface area contributed by atoms with Crippen molar-refractivity contribution in [1.29, 1.82) is 0 Å². The maximum atomic E-state index is 14.5. The average molecular weight is 653 g/mol. The monoisotopic (exact) mass is 652 g/mol. The zero-order chi connectivity index (χ0) is 31.9. The van der Waals surface area contributed by atoms with E-state index in [2.05, 4.69) is 26.0 Å². The molecule has 11 aliphatic rings. The van der Waals surface area contributed by atoms with E-state index in [9.17, 15) is 8.78 Å². The van der Waals surface area contributed by atoms with Crippen LogP contribution in [0.25, 0.3) is 0 Å². The fourth-order valence-electron chi connectivity index (χ4n) is 13.5. The molecule has 0 aromatic carbocycles. The molecule has 10 atom stereocenters. The highest BCUT2D eigenvalue weighted by molar-refractivity contribution is 5.45. The molecule has 3 heterocycles. The summed E-state index contributed by atoms with van der Waals surface area (Å²) in [7, 11) is 0. The molecule has 11 rings (SSSR count). The van der Waals surface area contributed by atoms with E-state index in [-0.39, 0.29) is 33.6 Å². The van der Waals surface area contributed by atoms with Crippen LogP contribution in [0.2, 0.25) is 0 Å². The normalized spacial score (nSPS) is 51.0. The molecule has 7 heteroatoms. The molecular formula is C40H54F2O5. The van der Waals surface area contributed by atoms with Gasteiger partial charge in [-0.15, -0.1) is 0 Å². The predicted octanol–water partition coefficient (Wildman–Crippen LogP) is 8.62. The average Bonchev–Trinajstić information content (AvgIpc) is 3.50. The highest BCUT2D eigenvalue weighted by Crippen LogP contribution is 2.73. The van der Waals surface area contributed by atoms with Crippen LogP contribution < -0.4 is 0 Å². The Balaban J connectivity index is 0.000000121. The molecule has 47 heavy (non-hydrogen) atoms. The van der Waals surface area contributed by atoms with E-state index < -0.39 is 12.3 Å². The third kappa shape index (κ3) is 4.16. The van der Waals surface area contributed by atoms with Gasteiger partial charge in [-0.3, -0.25) is 0 Å². The number of rotatable bonds is 0. The smallest absolute Gasteiger partial charge is 0.172 e. The maximum absolute atomic E-state index is 14.5. The molecule has 7 fully saturated rings. The Morgan fingerprint density at radius 2 is 1.32 bits per heavy atom. The fraction of sp³-hybridized carbons (Fsp3) is 0.850. The molecule has 0 bridgehead atoms. The topological polar surface area (TPSA) is 49.5 Å². The molecule has 258 valence electrons. The fourth-order valence-corrected chi connectivity index (χ4v) is 13.5. The van der Waals surface area contributed by atoms with E-state index in [1.807, 2.05) is 0 Å². The summed E-state index contributed by atoms with van der Waals surface area (Å²) in [5.74, 6) is 1.52. The van der Waals surface area contributed by atoms with Gasteiger partial charge in [-0.1, -0.05) is 31.6 Å². The van der Waals surface area contributed by atoms with E-state index in [1.54, 1.807) is 16.7 Å². The first-order valence-electron chi connectivity index (χ1n) is 19.3. The Hall–Kier alpha value is -1.12. The van der Waals surface area contributed by atoms with Crippen LogP contribution in [0.4, 0.5) is 8.78 Å². The summed E-state index contributed by atoms with van der Waals surface area (Å²) < 4.78 is 59.4. The zero-order valence-electron chi connectivity index (χ0n) is 28.6. The van der Waals surface area contributed by atoms with Crippen LogP contribution in [0.1, 0.15) is 117 Å². The third-order valence-corrected chi connectivity index (χ3v) is 16.1. The highest BCUT2D eigenvalue weighted by Gasteiger charge is 2.79. The SMILES string of the molecule is C[C@]12CC=C3C(CC[C@@]45CC6(CC[C@@]34O5)OCCO6)C1CC[C@H]2F.C[C@]12CC=C3C4=C(CCC3C1CC[C@H]2F)CC1(CC4)OCCO1. The number of epoxide rings is 1. The summed E-state index contributed by atoms with van der Waals surface area (Å²) in [5, 5.41) is 0. The van der Waals surface area contributed by atoms with Gasteiger partial charge in [-0.05, 0) is 117 Å². The Labute approximate surface area is 279 Å². The van der Waals surface area contributed by atoms with Crippen LogP contribution in [-0.4, -0.2) is 61.5 Å². The highest BCUT2D eigenvalue weighted by atomic mass is 19.1. The minimum absolute atomic E-state index is 0.0562. The largest absolute Gasteiger partial charge is 0.358 e. The number of alkyl halides is 2. The van der Waals surface area contributed by atoms with Gasteiger partial charge in [-0.25, -0.2) is 8.78 Å². The first-order chi connectivity index (χ1) is 22.6. The summed E-state index contributed by atoms with van der Waals surface area (Å²) in [4.78, 5) is 0. The molecule has 3 saturated heterocycles. The van der Waals surface area contributed by atoms with Gasteiger partial charge >= 0.3 is 0 Å². The second-order valence-corrected chi connectivity index (χ2v) is 17.9. The molecule has 4 saturated carbocycles. The number of allylic oxidation sites excluding steroid dienone is 4. The van der Waals surface area contributed by atoms with E-state index in [1.165, 1.54) is 12.0 Å². The summed E-state index contributed by atoms with van der Waals surface area (Å²) in [6, 6.07) is 0. The Kier molecular flexibility index (Phi) is 6.68. The zero-order valence-corrected chi connectivity index (χ0v) is 28.6. The van der Waals surface area contributed by atoms with Gasteiger partial charge in [0, 0.05) is 36.5 Å². The Morgan fingerprint density at radius 1 is 0.660 bits per heavy atom. The van der Waals surface area contributed by atoms with Crippen molar-refractivity contribution < 1.29 is 32.5 Å². The molecule has 8 aliphatic carbocycles. The molecule has 4 unspecified atom stereocenters. The van der Waals surface area contributed by atoms with Crippen molar-refractivity contribution in [3.05, 3.63) is 34.4 Å². The standard InChI is InChI=1S/C20H27FO3.C20H27FO2/c1-17-6-5-15-13(14(17)2-3-16(17)21)4-7-18-12-19(22-10-11-23-19)8-9-20(15,18)24-18;1-19-8-6-15-14-7-9-20(22-10-11-23-20)12-13(14)2-3-16(15)17(19)4-5-18(19)21/h5,13-14,16H,2-4,6-12H2,1H3;6,16-18H,2-5,7-12H2,1H3/t13?,14?,16-,17+,18-,20-;16?,17?,18-,19+/m11/s1. The molecule has 5 nitrogen and oxygen atoms in total. The van der Waals surface area contributed by atoms with Gasteiger partial charge in [0.15, 0.2) is 11.6 Å². The van der Waals surface area contributed by atoms with Crippen molar-refractivity contribution in [2.24, 2.45) is 34.5 Å². The quantitative estimate of drug-likeness (QED) is 0.194. The van der Waals surface area contributed by atoms with Crippen molar-refractivity contribution in [3.8, 4) is 0 Å². The Morgan fingerprint density at radius 3 is 2.04 bits per heavy atom. The number of hydrogen-bond acceptors (Lipinski definition) is 5. The van der Waals surface area contributed by atoms with Crippen LogP contribution in [0, 0.1) is 34.5 Å². The summed E-state index contributed by atoms with van der Waals surface area (Å²) in [6.45, 7) is 7.30. The van der Waals surface area contributed by atoms with Crippen LogP contribution in [0.15, 0.2) is 34.4 Å². The van der Waals surface area contributed by atoms with Gasteiger partial charge in [0.25, 0.3) is 0 Å². The van der Waals surface area contributed by atoms with Crippen LogP contribution in [0.5, 0.6) is 0 Å². The van der Waals surface area contributed by atoms with Crippen LogP contribution in [0.3, 0.4) is 0 Å². The summed E-state index contributed by atoms with van der Waals surface area (Å²) in [5.41, 5.74) is 5.92. The van der Waals surface area contributed by atoms with Crippen molar-refractivity contribution in [2.75, 3.05) is 26.4 Å². The van der Waals surface area contributed by atoms with Crippen molar-refractivity contribution in [1.82, 2.24) is 0 Å². The number of halogens is 2. The van der Waals surface area contributed by atoms with Crippen molar-refractivity contribution in [2.45, 2.75) is 152 Å². The lowest BCUT2D eigenvalue weighted by molar-refractivity contribution is -0.185. The third-order valence-electron chi connectivity index (χ3n) is 16.1. The van der Waals surface area contributed by atoms with Crippen LogP contribution in [-0.2, 0) is 23.7 Å². The first kappa shape index (κ1) is 30.7. The summed E-state index contributed by atoms with van der Waals surface area (Å²) >= 11 is 0. The van der Waals surface area contributed by atoms with E-state index >= 15 is 0 Å². The molecule has 0 radical (unpaired) electrons. The van der Waals surface area contributed by atoms with E-state index in [0.717, 1.165) is 110 Å². The number of fused-ring (bicyclic) bond motifs is 7. The molecule has 3 aliphatic heterocycles. The molecule has 2 spiro atoms. The molecule has 0 amide bonds. The lowest BCUT2D eigenvalue weighted by Crippen LogP contribution is -2.51. The van der Waals surface area contributed by atoms with Gasteiger partial charge in [0.2, 0.25) is 0 Å². The van der Waals surface area contributed by atoms with Gasteiger partial charge in [0.05, 0.1) is 26.4 Å². The molecule has 0 aromatic heterocycles. The van der Waals surface area contributed by atoms with Gasteiger partial charge in [-0.2, -0.15) is 0 Å². The molecular weight excluding hydrogens is 598 g/mol. The lowest BCUT2D eigenvalue weighted by atomic mass is 9.54. The van der Waals surface area contributed by atoms with Crippen LogP contribution >= 0.6 is 0 Å². The minimum Gasteiger partial charge on any atom is -0.358 e. The van der Waals surface area contributed by atoms with Gasteiger partial charge < -0.3 is 23.7 Å². The first-order valence-corrected chi connectivity index (χ1v) is 19.3. The second-order valence-electron chi connectivity index (χ2n) is 17.9. The predicted molar refractivity (Wildman–Crippen MR) is 173 cm³/mol. The van der Waals surface area contributed by atoms with Gasteiger partial charge in [0.1, 0.15) is 23.5 Å². The van der Waals surface area contributed by atoms with Crippen molar-refractivity contribution in [3.63, 3.8) is 0 Å². The summed E-state index contributed by atoms with van der Waals surface area (Å²) in [6.07, 6.45) is 19.5. The van der Waals surface area contributed by atoms with Crippen molar-refractivity contribution >= 4 is 0 Å². The number of ether oxygens (including phenoxy) is 5. The Bertz CT molecular complexity index is 1420. The minimum atomic E-state index is -0.625. The second kappa shape index (κ2) is 10.2. The lowest BCUT2D eigenvalue weighted by Gasteiger charge is -2.49. The molecule has 0 aromatic rings. The number of hydrogen-bond donors (Lipinski definition) is 0.